The largest absolute Gasteiger partial charge is 0.466 e. The van der Waals surface area contributed by atoms with Gasteiger partial charge in [-0.2, -0.15) is 0 Å². The van der Waals surface area contributed by atoms with E-state index >= 15 is 0 Å². The number of hydrogen-bond acceptors (Lipinski definition) is 6. The van der Waals surface area contributed by atoms with E-state index in [9.17, 15) is 4.79 Å². The van der Waals surface area contributed by atoms with Crippen molar-refractivity contribution in [3.05, 3.63) is 77.9 Å². The van der Waals surface area contributed by atoms with E-state index in [0.717, 1.165) is 10.8 Å². The highest BCUT2D eigenvalue weighted by atomic mass is 32.2. The standard InChI is InChI=1S/C23H21N3O3S/c1-3-13-30-23(24)26-21-14-20(17(15-25-21)11-12-22(27)28-2)29-19-10-6-8-16-7-4-5-9-18(16)19/h3-15H,1-2H3,(H2,24,25,26)/b12-11-,13-3+. The predicted molar refractivity (Wildman–Crippen MR) is 123 cm³/mol. The molecule has 0 bridgehead atoms. The number of pyridine rings is 1. The number of ether oxygens (including phenoxy) is 2. The number of carbonyl (C=O) groups is 1. The number of benzene rings is 2. The van der Waals surface area contributed by atoms with Crippen molar-refractivity contribution in [1.82, 2.24) is 4.98 Å². The first-order valence-electron chi connectivity index (χ1n) is 9.14. The molecule has 152 valence electrons. The summed E-state index contributed by atoms with van der Waals surface area (Å²) in [6.07, 6.45) is 6.35. The molecule has 0 fully saturated rings. The molecule has 2 N–H and O–H groups in total. The second kappa shape index (κ2) is 10.3. The maximum atomic E-state index is 11.5. The highest BCUT2D eigenvalue weighted by molar-refractivity contribution is 8.16. The van der Waals surface area contributed by atoms with E-state index in [1.807, 2.05) is 60.9 Å². The van der Waals surface area contributed by atoms with E-state index in [1.54, 1.807) is 18.3 Å². The number of nitrogens with zero attached hydrogens (tertiary/aromatic N) is 2. The molecule has 2 aromatic carbocycles. The summed E-state index contributed by atoms with van der Waals surface area (Å²) in [6.45, 7) is 1.90. The third kappa shape index (κ3) is 5.48. The normalized spacial score (nSPS) is 12.0. The van der Waals surface area contributed by atoms with Gasteiger partial charge in [0.1, 0.15) is 11.5 Å². The van der Waals surface area contributed by atoms with Crippen LogP contribution in [0.3, 0.4) is 0 Å². The molecule has 0 amide bonds. The number of allylic oxidation sites excluding steroid dienone is 1. The number of carbonyl (C=O) groups excluding carboxylic acids is 1. The first kappa shape index (κ1) is 21.1. The van der Waals surface area contributed by atoms with E-state index in [1.165, 1.54) is 24.9 Å². The van der Waals surface area contributed by atoms with Crippen LogP contribution >= 0.6 is 11.8 Å². The molecule has 0 atom stereocenters. The number of rotatable bonds is 6. The highest BCUT2D eigenvalue weighted by Crippen LogP contribution is 2.33. The molecule has 0 saturated carbocycles. The van der Waals surface area contributed by atoms with Gasteiger partial charge in [-0.25, -0.2) is 14.8 Å². The third-order valence-corrected chi connectivity index (χ3v) is 4.74. The molecule has 3 rings (SSSR count). The SMILES string of the molecule is C/C=C/SC(N)=Nc1cc(Oc2cccc3ccccc23)c(/C=C\C(=O)OC)cn1. The quantitative estimate of drug-likeness (QED) is 0.248. The molecule has 0 radical (unpaired) electrons. The Morgan fingerprint density at radius 3 is 2.77 bits per heavy atom. The summed E-state index contributed by atoms with van der Waals surface area (Å²) in [5.41, 5.74) is 6.53. The Hall–Kier alpha value is -3.58. The minimum absolute atomic E-state index is 0.356. The molecular formula is C23H21N3O3S. The van der Waals surface area contributed by atoms with Crippen molar-refractivity contribution < 1.29 is 14.3 Å². The molecule has 0 spiro atoms. The summed E-state index contributed by atoms with van der Waals surface area (Å²) < 4.78 is 10.9. The predicted octanol–water partition coefficient (Wildman–Crippen LogP) is 5.43. The van der Waals surface area contributed by atoms with Crippen LogP contribution in [-0.2, 0) is 9.53 Å². The lowest BCUT2D eigenvalue weighted by Crippen LogP contribution is -2.04. The van der Waals surface area contributed by atoms with Crippen LogP contribution in [0.5, 0.6) is 11.5 Å². The molecule has 30 heavy (non-hydrogen) atoms. The summed E-state index contributed by atoms with van der Waals surface area (Å²) in [5, 5.41) is 4.21. The lowest BCUT2D eigenvalue weighted by Gasteiger charge is -2.12. The summed E-state index contributed by atoms with van der Waals surface area (Å²) >= 11 is 1.30. The summed E-state index contributed by atoms with van der Waals surface area (Å²) in [7, 11) is 1.32. The maximum absolute atomic E-state index is 11.5. The Bertz CT molecular complexity index is 1130. The van der Waals surface area contributed by atoms with Gasteiger partial charge in [0.2, 0.25) is 0 Å². The number of thioether (sulfide) groups is 1. The summed E-state index contributed by atoms with van der Waals surface area (Å²) in [6, 6.07) is 15.4. The molecule has 6 nitrogen and oxygen atoms in total. The van der Waals surface area contributed by atoms with Crippen molar-refractivity contribution in [2.45, 2.75) is 6.92 Å². The fourth-order valence-corrected chi connectivity index (χ4v) is 3.04. The van der Waals surface area contributed by atoms with E-state index < -0.39 is 5.97 Å². The Morgan fingerprint density at radius 1 is 1.17 bits per heavy atom. The van der Waals surface area contributed by atoms with Crippen molar-refractivity contribution in [3.8, 4) is 11.5 Å². The van der Waals surface area contributed by atoms with Gasteiger partial charge in [-0.05, 0) is 29.9 Å². The van der Waals surface area contributed by atoms with Crippen LogP contribution in [0.4, 0.5) is 5.82 Å². The van der Waals surface area contributed by atoms with Crippen LogP contribution in [-0.4, -0.2) is 23.2 Å². The number of hydrogen-bond donors (Lipinski definition) is 1. The minimum Gasteiger partial charge on any atom is -0.466 e. The molecule has 1 heterocycles. The average molecular weight is 420 g/mol. The first-order valence-corrected chi connectivity index (χ1v) is 10.0. The summed E-state index contributed by atoms with van der Waals surface area (Å²) in [5.74, 6) is 1.09. The Balaban J connectivity index is 2.02. The Morgan fingerprint density at radius 2 is 1.97 bits per heavy atom. The number of aromatic nitrogens is 1. The molecule has 1 aromatic heterocycles. The van der Waals surface area contributed by atoms with Crippen molar-refractivity contribution in [2.75, 3.05) is 7.11 Å². The van der Waals surface area contributed by atoms with Gasteiger partial charge in [0.25, 0.3) is 0 Å². The van der Waals surface area contributed by atoms with Crippen LogP contribution in [0.25, 0.3) is 16.8 Å². The monoisotopic (exact) mass is 419 g/mol. The van der Waals surface area contributed by atoms with Gasteiger partial charge in [0, 0.05) is 29.3 Å². The molecule has 0 aliphatic carbocycles. The van der Waals surface area contributed by atoms with Gasteiger partial charge in [0.15, 0.2) is 11.0 Å². The summed E-state index contributed by atoms with van der Waals surface area (Å²) in [4.78, 5) is 20.1. The minimum atomic E-state index is -0.472. The van der Waals surface area contributed by atoms with Crippen LogP contribution in [0.15, 0.2) is 77.3 Å². The van der Waals surface area contributed by atoms with Crippen LogP contribution in [0.2, 0.25) is 0 Å². The molecule has 0 unspecified atom stereocenters. The van der Waals surface area contributed by atoms with Gasteiger partial charge in [0.05, 0.1) is 7.11 Å². The fourth-order valence-electron chi connectivity index (χ4n) is 2.62. The van der Waals surface area contributed by atoms with Crippen molar-refractivity contribution in [3.63, 3.8) is 0 Å². The Labute approximate surface area is 179 Å². The molecule has 7 heteroatoms. The van der Waals surface area contributed by atoms with Gasteiger partial charge < -0.3 is 15.2 Å². The maximum Gasteiger partial charge on any atom is 0.330 e. The number of esters is 1. The highest BCUT2D eigenvalue weighted by Gasteiger charge is 2.09. The van der Waals surface area contributed by atoms with Gasteiger partial charge in [-0.1, -0.05) is 54.2 Å². The first-order chi connectivity index (χ1) is 14.6. The van der Waals surface area contributed by atoms with E-state index in [4.69, 9.17) is 10.5 Å². The average Bonchev–Trinajstić information content (AvgIpc) is 2.77. The lowest BCUT2D eigenvalue weighted by molar-refractivity contribution is -0.134. The van der Waals surface area contributed by atoms with Crippen molar-refractivity contribution in [1.29, 1.82) is 0 Å². The molecule has 3 aromatic rings. The zero-order valence-electron chi connectivity index (χ0n) is 16.6. The number of aliphatic imine (C=N–C) groups is 1. The number of amidine groups is 1. The number of nitrogens with two attached hydrogens (primary N) is 1. The third-order valence-electron chi connectivity index (χ3n) is 4.00. The van der Waals surface area contributed by atoms with Crippen LogP contribution in [0, 0.1) is 0 Å². The van der Waals surface area contributed by atoms with Crippen LogP contribution in [0.1, 0.15) is 12.5 Å². The second-order valence-electron chi connectivity index (χ2n) is 6.05. The van der Waals surface area contributed by atoms with E-state index in [0.29, 0.717) is 28.0 Å². The van der Waals surface area contributed by atoms with Crippen molar-refractivity contribution in [2.24, 2.45) is 10.7 Å². The molecule has 0 saturated heterocycles. The lowest BCUT2D eigenvalue weighted by atomic mass is 10.1. The van der Waals surface area contributed by atoms with Gasteiger partial charge in [-0.15, -0.1) is 0 Å². The van der Waals surface area contributed by atoms with E-state index in [-0.39, 0.29) is 0 Å². The molecule has 0 aliphatic heterocycles. The van der Waals surface area contributed by atoms with Gasteiger partial charge in [-0.3, -0.25) is 0 Å². The Kier molecular flexibility index (Phi) is 7.24. The fraction of sp³-hybridized carbons (Fsp3) is 0.0870. The zero-order chi connectivity index (χ0) is 21.3. The zero-order valence-corrected chi connectivity index (χ0v) is 17.4. The van der Waals surface area contributed by atoms with Crippen LogP contribution < -0.4 is 10.5 Å². The second-order valence-corrected chi connectivity index (χ2v) is 6.98. The molecule has 0 aliphatic rings. The van der Waals surface area contributed by atoms with Gasteiger partial charge >= 0.3 is 5.97 Å². The number of methoxy groups -OCH3 is 1. The molecular weight excluding hydrogens is 398 g/mol. The van der Waals surface area contributed by atoms with E-state index in [2.05, 4.69) is 14.7 Å². The smallest absolute Gasteiger partial charge is 0.330 e. The topological polar surface area (TPSA) is 86.8 Å². The van der Waals surface area contributed by atoms with Crippen molar-refractivity contribution >= 4 is 45.6 Å². The number of fused-ring (bicyclic) bond motifs is 1.